The van der Waals surface area contributed by atoms with Gasteiger partial charge in [0.25, 0.3) is 0 Å². The molecule has 0 saturated heterocycles. The van der Waals surface area contributed by atoms with Crippen molar-refractivity contribution in [1.29, 1.82) is 0 Å². The summed E-state index contributed by atoms with van der Waals surface area (Å²) in [5.74, 6) is 1.88. The minimum atomic E-state index is -0.163. The van der Waals surface area contributed by atoms with E-state index in [1.54, 1.807) is 7.11 Å². The van der Waals surface area contributed by atoms with Crippen LogP contribution in [0.2, 0.25) is 0 Å². The molecular formula is C29H44O3. The van der Waals surface area contributed by atoms with E-state index in [0.29, 0.717) is 11.8 Å². The standard InChI is InChI=1S/C29H44O3/c1-27(2,3)31-20-29(21-32-28(4,5)6)19-23(18-22-14-16-24(30-7)17-15-22)25-12-10-8-9-11-13-26(25)29/h10,12,14-18,25-26H,8-9,11,13,19-21H2,1-7H3/b12-10-,23-18-/t25-,26+/m0/s1. The van der Waals surface area contributed by atoms with Gasteiger partial charge in [0.2, 0.25) is 0 Å². The van der Waals surface area contributed by atoms with Crippen molar-refractivity contribution >= 4 is 6.08 Å². The highest BCUT2D eigenvalue weighted by atomic mass is 16.5. The Morgan fingerprint density at radius 3 is 2.12 bits per heavy atom. The highest BCUT2D eigenvalue weighted by Gasteiger charge is 2.51. The SMILES string of the molecule is COc1ccc(/C=C2/CC(COC(C)(C)C)(COC(C)(C)C)[C@@H]3CCCC/C=C\[C@@H]23)cc1. The van der Waals surface area contributed by atoms with E-state index in [4.69, 9.17) is 14.2 Å². The molecule has 1 saturated carbocycles. The van der Waals surface area contributed by atoms with Gasteiger partial charge in [-0.3, -0.25) is 0 Å². The van der Waals surface area contributed by atoms with Gasteiger partial charge in [-0.15, -0.1) is 0 Å². The van der Waals surface area contributed by atoms with Crippen molar-refractivity contribution in [2.75, 3.05) is 20.3 Å². The average Bonchev–Trinajstić information content (AvgIpc) is 2.96. The summed E-state index contributed by atoms with van der Waals surface area (Å²) in [6.07, 6.45) is 13.3. The van der Waals surface area contributed by atoms with Gasteiger partial charge in [0.15, 0.2) is 0 Å². The van der Waals surface area contributed by atoms with Crippen LogP contribution in [-0.4, -0.2) is 31.5 Å². The zero-order valence-electron chi connectivity index (χ0n) is 21.4. The first-order valence-corrected chi connectivity index (χ1v) is 12.3. The summed E-state index contributed by atoms with van der Waals surface area (Å²) in [6, 6.07) is 8.41. The Balaban J connectivity index is 2.00. The van der Waals surface area contributed by atoms with E-state index < -0.39 is 0 Å². The number of hydrogen-bond acceptors (Lipinski definition) is 3. The van der Waals surface area contributed by atoms with Gasteiger partial charge >= 0.3 is 0 Å². The lowest BCUT2D eigenvalue weighted by atomic mass is 9.72. The smallest absolute Gasteiger partial charge is 0.118 e. The Morgan fingerprint density at radius 1 is 0.938 bits per heavy atom. The van der Waals surface area contributed by atoms with E-state index in [9.17, 15) is 0 Å². The van der Waals surface area contributed by atoms with Gasteiger partial charge < -0.3 is 14.2 Å². The quantitative estimate of drug-likeness (QED) is 0.430. The number of allylic oxidation sites excluding steroid dienone is 3. The van der Waals surface area contributed by atoms with Crippen molar-refractivity contribution in [3.8, 4) is 5.75 Å². The lowest BCUT2D eigenvalue weighted by Gasteiger charge is -2.40. The van der Waals surface area contributed by atoms with Crippen LogP contribution >= 0.6 is 0 Å². The first-order valence-electron chi connectivity index (χ1n) is 12.3. The number of hydrogen-bond donors (Lipinski definition) is 0. The van der Waals surface area contributed by atoms with Gasteiger partial charge in [-0.1, -0.05) is 42.4 Å². The minimum absolute atomic E-state index is 0.00872. The second-order valence-electron chi connectivity index (χ2n) is 11.7. The maximum Gasteiger partial charge on any atom is 0.118 e. The van der Waals surface area contributed by atoms with Crippen LogP contribution in [0.5, 0.6) is 5.75 Å². The van der Waals surface area contributed by atoms with Crippen LogP contribution in [0.15, 0.2) is 42.0 Å². The Bertz CT molecular complexity index is 771. The number of methoxy groups -OCH3 is 1. The van der Waals surface area contributed by atoms with Crippen LogP contribution in [-0.2, 0) is 9.47 Å². The third-order valence-corrected chi connectivity index (χ3v) is 6.74. The largest absolute Gasteiger partial charge is 0.497 e. The zero-order valence-corrected chi connectivity index (χ0v) is 21.4. The molecule has 1 aromatic rings. The molecule has 0 N–H and O–H groups in total. The van der Waals surface area contributed by atoms with Gasteiger partial charge in [-0.2, -0.15) is 0 Å². The summed E-state index contributed by atoms with van der Waals surface area (Å²) in [5, 5.41) is 0. The second-order valence-corrected chi connectivity index (χ2v) is 11.7. The van der Waals surface area contributed by atoms with E-state index in [2.05, 4.69) is 71.9 Å². The summed E-state index contributed by atoms with van der Waals surface area (Å²) >= 11 is 0. The van der Waals surface area contributed by atoms with Crippen LogP contribution in [0.25, 0.3) is 6.08 Å². The van der Waals surface area contributed by atoms with E-state index in [1.807, 2.05) is 12.1 Å². The maximum atomic E-state index is 6.48. The predicted molar refractivity (Wildman–Crippen MR) is 134 cm³/mol. The summed E-state index contributed by atoms with van der Waals surface area (Å²) in [7, 11) is 1.72. The fourth-order valence-corrected chi connectivity index (χ4v) is 5.05. The molecule has 0 unspecified atom stereocenters. The Morgan fingerprint density at radius 2 is 1.56 bits per heavy atom. The molecule has 2 aliphatic rings. The van der Waals surface area contributed by atoms with Crippen LogP contribution in [0.1, 0.15) is 79.2 Å². The molecule has 32 heavy (non-hydrogen) atoms. The summed E-state index contributed by atoms with van der Waals surface area (Å²) in [6.45, 7) is 14.4. The molecule has 0 radical (unpaired) electrons. The van der Waals surface area contributed by atoms with E-state index in [-0.39, 0.29) is 16.6 Å². The Kier molecular flexibility index (Phi) is 7.93. The van der Waals surface area contributed by atoms with E-state index in [0.717, 1.165) is 25.4 Å². The van der Waals surface area contributed by atoms with Crippen LogP contribution in [0, 0.1) is 17.3 Å². The highest BCUT2D eigenvalue weighted by molar-refractivity contribution is 5.56. The summed E-state index contributed by atoms with van der Waals surface area (Å²) < 4.78 is 18.3. The molecule has 1 aromatic carbocycles. The van der Waals surface area contributed by atoms with Crippen molar-refractivity contribution in [3.05, 3.63) is 47.6 Å². The molecule has 0 aromatic heterocycles. The van der Waals surface area contributed by atoms with Gasteiger partial charge in [-0.25, -0.2) is 0 Å². The summed E-state index contributed by atoms with van der Waals surface area (Å²) in [4.78, 5) is 0. The average molecular weight is 441 g/mol. The fourth-order valence-electron chi connectivity index (χ4n) is 5.05. The highest BCUT2D eigenvalue weighted by Crippen LogP contribution is 2.55. The van der Waals surface area contributed by atoms with Crippen molar-refractivity contribution in [3.63, 3.8) is 0 Å². The van der Waals surface area contributed by atoms with E-state index >= 15 is 0 Å². The molecule has 2 aliphatic carbocycles. The normalized spacial score (nSPS) is 25.8. The molecule has 3 heteroatoms. The number of benzene rings is 1. The minimum Gasteiger partial charge on any atom is -0.497 e. The molecule has 0 aliphatic heterocycles. The molecular weight excluding hydrogens is 396 g/mol. The van der Waals surface area contributed by atoms with Crippen LogP contribution in [0.3, 0.4) is 0 Å². The third kappa shape index (κ3) is 6.71. The van der Waals surface area contributed by atoms with Crippen molar-refractivity contribution in [2.24, 2.45) is 17.3 Å². The Labute approximate surface area is 196 Å². The lowest BCUT2D eigenvalue weighted by molar-refractivity contribution is -0.122. The topological polar surface area (TPSA) is 27.7 Å². The monoisotopic (exact) mass is 440 g/mol. The molecule has 2 atom stereocenters. The molecule has 178 valence electrons. The second kappa shape index (κ2) is 10.1. The van der Waals surface area contributed by atoms with Crippen LogP contribution < -0.4 is 4.74 Å². The zero-order chi connectivity index (χ0) is 23.4. The molecule has 3 nitrogen and oxygen atoms in total. The van der Waals surface area contributed by atoms with Crippen molar-refractivity contribution in [2.45, 2.75) is 84.8 Å². The maximum absolute atomic E-state index is 6.48. The van der Waals surface area contributed by atoms with Gasteiger partial charge in [-0.05, 0) is 90.8 Å². The number of fused-ring (bicyclic) bond motifs is 1. The molecule has 0 bridgehead atoms. The summed E-state index contributed by atoms with van der Waals surface area (Å²) in [5.41, 5.74) is 2.41. The van der Waals surface area contributed by atoms with Gasteiger partial charge in [0, 0.05) is 11.3 Å². The first kappa shape index (κ1) is 25.1. The van der Waals surface area contributed by atoms with Gasteiger partial charge in [0.1, 0.15) is 5.75 Å². The lowest BCUT2D eigenvalue weighted by Crippen LogP contribution is -2.42. The molecule has 0 amide bonds. The first-order chi connectivity index (χ1) is 15.0. The number of ether oxygens (including phenoxy) is 3. The van der Waals surface area contributed by atoms with Gasteiger partial charge in [0.05, 0.1) is 31.5 Å². The molecule has 1 fully saturated rings. The van der Waals surface area contributed by atoms with Crippen molar-refractivity contribution in [1.82, 2.24) is 0 Å². The number of rotatable bonds is 6. The molecule has 0 spiro atoms. The van der Waals surface area contributed by atoms with Crippen molar-refractivity contribution < 1.29 is 14.2 Å². The molecule has 3 rings (SSSR count). The molecule has 0 heterocycles. The Hall–Kier alpha value is -1.58. The van der Waals surface area contributed by atoms with Crippen LogP contribution in [0.4, 0.5) is 0 Å². The third-order valence-electron chi connectivity index (χ3n) is 6.74. The van der Waals surface area contributed by atoms with E-state index in [1.165, 1.54) is 36.8 Å². The fraction of sp³-hybridized carbons (Fsp3) is 0.655. The predicted octanol–water partition coefficient (Wildman–Crippen LogP) is 7.46.